The maximum absolute atomic E-state index is 9.24. The Morgan fingerprint density at radius 3 is 2.79 bits per heavy atom. The van der Waals surface area contributed by atoms with E-state index in [0.29, 0.717) is 21.7 Å². The molecular weight excluding hydrogens is 306 g/mol. The summed E-state index contributed by atoms with van der Waals surface area (Å²) in [6.07, 6.45) is 1.69. The molecule has 0 aliphatic heterocycles. The van der Waals surface area contributed by atoms with Crippen LogP contribution in [0.15, 0.2) is 41.0 Å². The van der Waals surface area contributed by atoms with Gasteiger partial charge in [-0.25, -0.2) is 9.67 Å². The maximum atomic E-state index is 9.24. The minimum absolute atomic E-state index is 0.360. The van der Waals surface area contributed by atoms with Crippen LogP contribution in [0.3, 0.4) is 0 Å². The van der Waals surface area contributed by atoms with Gasteiger partial charge < -0.3 is 5.73 Å². The molecule has 19 heavy (non-hydrogen) atoms. The minimum Gasteiger partial charge on any atom is -0.381 e. The van der Waals surface area contributed by atoms with Crippen LogP contribution >= 0.6 is 15.9 Å². The van der Waals surface area contributed by atoms with Gasteiger partial charge in [0.15, 0.2) is 11.6 Å². The number of nitriles is 1. The number of nitrogens with zero attached hydrogens (tertiary/aromatic N) is 4. The summed E-state index contributed by atoms with van der Waals surface area (Å²) in [6.45, 7) is 0. The number of fused-ring (bicyclic) bond motifs is 1. The molecule has 0 saturated heterocycles. The predicted molar refractivity (Wildman–Crippen MR) is 75.7 cm³/mol. The molecule has 3 aromatic rings. The number of nitrogens with two attached hydrogens (primary N) is 1. The Labute approximate surface area is 117 Å². The number of pyridine rings is 1. The van der Waals surface area contributed by atoms with Gasteiger partial charge in [-0.1, -0.05) is 18.2 Å². The molecule has 2 N–H and O–H groups in total. The highest BCUT2D eigenvalue weighted by atomic mass is 79.9. The minimum atomic E-state index is 0.360. The zero-order valence-electron chi connectivity index (χ0n) is 9.71. The van der Waals surface area contributed by atoms with E-state index in [0.717, 1.165) is 10.9 Å². The van der Waals surface area contributed by atoms with Crippen LogP contribution in [0.25, 0.3) is 16.7 Å². The summed E-state index contributed by atoms with van der Waals surface area (Å²) < 4.78 is 2.18. The lowest BCUT2D eigenvalue weighted by Gasteiger charge is -2.05. The van der Waals surface area contributed by atoms with Crippen LogP contribution in [0, 0.1) is 11.3 Å². The van der Waals surface area contributed by atoms with E-state index in [1.54, 1.807) is 12.3 Å². The van der Waals surface area contributed by atoms with Gasteiger partial charge in [0.1, 0.15) is 6.07 Å². The molecule has 0 amide bonds. The molecule has 0 unspecified atom stereocenters. The molecule has 5 nitrogen and oxygen atoms in total. The third-order valence-electron chi connectivity index (χ3n) is 2.74. The molecule has 0 fully saturated rings. The monoisotopic (exact) mass is 313 g/mol. The predicted octanol–water partition coefficient (Wildman–Crippen LogP) is 2.64. The van der Waals surface area contributed by atoms with Crippen molar-refractivity contribution in [1.82, 2.24) is 14.8 Å². The van der Waals surface area contributed by atoms with Gasteiger partial charge in [0.05, 0.1) is 15.6 Å². The van der Waals surface area contributed by atoms with Crippen LogP contribution in [-0.2, 0) is 0 Å². The zero-order valence-corrected chi connectivity index (χ0v) is 11.3. The second-order valence-electron chi connectivity index (χ2n) is 3.97. The van der Waals surface area contributed by atoms with Crippen LogP contribution in [0.2, 0.25) is 0 Å². The molecular formula is C13H8BrN5. The quantitative estimate of drug-likeness (QED) is 0.749. The molecule has 6 heteroatoms. The van der Waals surface area contributed by atoms with E-state index in [1.165, 1.54) is 4.68 Å². The Morgan fingerprint density at radius 2 is 2.11 bits per heavy atom. The summed E-state index contributed by atoms with van der Waals surface area (Å²) >= 11 is 3.29. The van der Waals surface area contributed by atoms with Crippen molar-refractivity contribution in [2.75, 3.05) is 5.73 Å². The Balaban J connectivity index is 2.30. The Morgan fingerprint density at radius 1 is 1.32 bits per heavy atom. The van der Waals surface area contributed by atoms with Gasteiger partial charge >= 0.3 is 0 Å². The van der Waals surface area contributed by atoms with Crippen molar-refractivity contribution in [2.24, 2.45) is 0 Å². The molecule has 3 rings (SSSR count). The van der Waals surface area contributed by atoms with Crippen LogP contribution in [-0.4, -0.2) is 14.8 Å². The average molecular weight is 314 g/mol. The van der Waals surface area contributed by atoms with Crippen molar-refractivity contribution in [3.8, 4) is 11.9 Å². The number of anilines is 1. The number of hydrogen-bond donors (Lipinski definition) is 1. The molecule has 0 aliphatic rings. The number of para-hydroxylation sites is 1. The summed E-state index contributed by atoms with van der Waals surface area (Å²) in [7, 11) is 0. The van der Waals surface area contributed by atoms with Crippen molar-refractivity contribution in [2.45, 2.75) is 0 Å². The molecule has 92 valence electrons. The standard InChI is InChI=1S/C13H8BrN5/c14-10-7-19(18-12(10)16)13-9(6-15)5-8-3-1-2-4-11(8)17-13/h1-5,7H,(H2,16,18). The second kappa shape index (κ2) is 4.37. The number of aromatic nitrogens is 3. The van der Waals surface area contributed by atoms with Crippen LogP contribution in [0.1, 0.15) is 5.56 Å². The first-order chi connectivity index (χ1) is 9.19. The number of hydrogen-bond acceptors (Lipinski definition) is 4. The SMILES string of the molecule is N#Cc1cc2ccccc2nc1-n1cc(Br)c(N)n1. The summed E-state index contributed by atoms with van der Waals surface area (Å²) in [5.41, 5.74) is 6.95. The Hall–Kier alpha value is -2.39. The lowest BCUT2D eigenvalue weighted by Crippen LogP contribution is -2.02. The third-order valence-corrected chi connectivity index (χ3v) is 3.35. The van der Waals surface area contributed by atoms with E-state index in [4.69, 9.17) is 5.73 Å². The van der Waals surface area contributed by atoms with Crippen molar-refractivity contribution >= 4 is 32.7 Å². The first kappa shape index (κ1) is 11.7. The highest BCUT2D eigenvalue weighted by molar-refractivity contribution is 9.10. The van der Waals surface area contributed by atoms with Gasteiger partial charge in [0, 0.05) is 11.6 Å². The van der Waals surface area contributed by atoms with E-state index in [-0.39, 0.29) is 0 Å². The van der Waals surface area contributed by atoms with Crippen molar-refractivity contribution in [3.63, 3.8) is 0 Å². The van der Waals surface area contributed by atoms with E-state index >= 15 is 0 Å². The summed E-state index contributed by atoms with van der Waals surface area (Å²) in [6, 6.07) is 11.5. The van der Waals surface area contributed by atoms with Crippen LogP contribution in [0.4, 0.5) is 5.82 Å². The van der Waals surface area contributed by atoms with Crippen molar-refractivity contribution in [1.29, 1.82) is 5.26 Å². The molecule has 1 aromatic carbocycles. The molecule has 2 aromatic heterocycles. The van der Waals surface area contributed by atoms with Crippen molar-refractivity contribution in [3.05, 3.63) is 46.6 Å². The molecule has 2 heterocycles. The lowest BCUT2D eigenvalue weighted by atomic mass is 10.1. The van der Waals surface area contributed by atoms with Gasteiger partial charge in [-0.2, -0.15) is 5.26 Å². The second-order valence-corrected chi connectivity index (χ2v) is 4.83. The molecule has 0 bridgehead atoms. The summed E-state index contributed by atoms with van der Waals surface area (Å²) in [4.78, 5) is 4.47. The number of rotatable bonds is 1. The zero-order chi connectivity index (χ0) is 13.4. The topological polar surface area (TPSA) is 80.5 Å². The smallest absolute Gasteiger partial charge is 0.171 e. The van der Waals surface area contributed by atoms with E-state index in [2.05, 4.69) is 32.1 Å². The van der Waals surface area contributed by atoms with Gasteiger partial charge in [-0.15, -0.1) is 5.10 Å². The van der Waals surface area contributed by atoms with Crippen LogP contribution in [0.5, 0.6) is 0 Å². The lowest BCUT2D eigenvalue weighted by molar-refractivity contribution is 0.853. The normalized spacial score (nSPS) is 10.5. The molecule has 0 aliphatic carbocycles. The van der Waals surface area contributed by atoms with Crippen LogP contribution < -0.4 is 5.73 Å². The largest absolute Gasteiger partial charge is 0.381 e. The summed E-state index contributed by atoms with van der Waals surface area (Å²) in [5.74, 6) is 0.831. The Bertz CT molecular complexity index is 796. The van der Waals surface area contributed by atoms with Crippen molar-refractivity contribution < 1.29 is 0 Å². The Kier molecular flexibility index (Phi) is 2.69. The summed E-state index contributed by atoms with van der Waals surface area (Å²) in [5, 5.41) is 14.3. The molecule has 0 radical (unpaired) electrons. The fourth-order valence-corrected chi connectivity index (χ4v) is 2.11. The van der Waals surface area contributed by atoms with E-state index < -0.39 is 0 Å². The van der Waals surface area contributed by atoms with Gasteiger partial charge in [0.25, 0.3) is 0 Å². The van der Waals surface area contributed by atoms with Gasteiger partial charge in [0.2, 0.25) is 0 Å². The molecule has 0 atom stereocenters. The fourth-order valence-electron chi connectivity index (χ4n) is 1.84. The first-order valence-corrected chi connectivity index (χ1v) is 6.29. The number of nitrogen functional groups attached to an aromatic ring is 1. The van der Waals surface area contributed by atoms with E-state index in [1.807, 2.05) is 24.3 Å². The van der Waals surface area contributed by atoms with E-state index in [9.17, 15) is 5.26 Å². The maximum Gasteiger partial charge on any atom is 0.171 e. The number of halogens is 1. The van der Waals surface area contributed by atoms with Gasteiger partial charge in [-0.3, -0.25) is 0 Å². The highest BCUT2D eigenvalue weighted by Crippen LogP contribution is 2.22. The molecule has 0 saturated carbocycles. The fraction of sp³-hybridized carbons (Fsp3) is 0. The van der Waals surface area contributed by atoms with Gasteiger partial charge in [-0.05, 0) is 28.1 Å². The number of benzene rings is 1. The third kappa shape index (κ3) is 1.94. The molecule has 0 spiro atoms. The first-order valence-electron chi connectivity index (χ1n) is 5.50. The highest BCUT2D eigenvalue weighted by Gasteiger charge is 2.11. The average Bonchev–Trinajstić information content (AvgIpc) is 2.77.